The Bertz CT molecular complexity index is 863. The second-order valence-electron chi connectivity index (χ2n) is 11.0. The van der Waals surface area contributed by atoms with Crippen molar-refractivity contribution in [2.24, 2.45) is 17.8 Å². The van der Waals surface area contributed by atoms with Gasteiger partial charge < -0.3 is 19.6 Å². The molecule has 2 bridgehead atoms. The second-order valence-corrected chi connectivity index (χ2v) is 12.9. The van der Waals surface area contributed by atoms with Crippen molar-refractivity contribution in [3.8, 4) is 0 Å². The minimum Gasteiger partial charge on any atom is -0.465 e. The van der Waals surface area contributed by atoms with Crippen LogP contribution in [-0.2, 0) is 19.1 Å². The lowest BCUT2D eigenvalue weighted by Gasteiger charge is -2.40. The van der Waals surface area contributed by atoms with E-state index in [2.05, 4.69) is 20.1 Å². The van der Waals surface area contributed by atoms with Crippen LogP contribution in [0.1, 0.15) is 66.2 Å². The number of hydrogen-bond acceptors (Lipinski definition) is 6. The Morgan fingerprint density at radius 2 is 2.00 bits per heavy atom. The van der Waals surface area contributed by atoms with Gasteiger partial charge in [-0.05, 0) is 44.9 Å². The lowest BCUT2D eigenvalue weighted by Crippen LogP contribution is -2.58. The highest BCUT2D eigenvalue weighted by molar-refractivity contribution is 8.02. The summed E-state index contributed by atoms with van der Waals surface area (Å²) in [5, 5.41) is 10.3. The van der Waals surface area contributed by atoms with E-state index in [1.54, 1.807) is 33.7 Å². The fraction of sp³-hybridized carbons (Fsp3) is 0.750. The van der Waals surface area contributed by atoms with Gasteiger partial charge in [0.05, 0.1) is 35.8 Å². The monoisotopic (exact) mass is 520 g/mol. The number of unbranched alkanes of at least 4 members (excludes halogenated alkanes) is 2. The molecule has 3 aliphatic rings. The van der Waals surface area contributed by atoms with Gasteiger partial charge in [-0.15, -0.1) is 24.9 Å². The first kappa shape index (κ1) is 28.8. The summed E-state index contributed by atoms with van der Waals surface area (Å²) in [6.07, 6.45) is 8.19. The molecular weight excluding hydrogens is 476 g/mol. The van der Waals surface area contributed by atoms with E-state index < -0.39 is 33.4 Å². The molecular formula is C28H44N2O5S. The average molecular weight is 521 g/mol. The summed E-state index contributed by atoms with van der Waals surface area (Å²) in [5.41, 5.74) is 0. The summed E-state index contributed by atoms with van der Waals surface area (Å²) in [7, 11) is 0. The maximum absolute atomic E-state index is 14.3. The molecule has 7 nitrogen and oxygen atoms in total. The number of thioether (sulfide) groups is 1. The van der Waals surface area contributed by atoms with Crippen molar-refractivity contribution < 1.29 is 24.2 Å². The van der Waals surface area contributed by atoms with Crippen LogP contribution in [0.3, 0.4) is 0 Å². The minimum absolute atomic E-state index is 0.0462. The topological polar surface area (TPSA) is 87.1 Å². The molecule has 1 N–H and O–H groups in total. The zero-order valence-corrected chi connectivity index (χ0v) is 23.2. The fourth-order valence-corrected chi connectivity index (χ4v) is 8.76. The fourth-order valence-electron chi connectivity index (χ4n) is 6.44. The summed E-state index contributed by atoms with van der Waals surface area (Å²) in [6.45, 7) is 16.6. The molecule has 1 spiro atoms. The molecule has 2 unspecified atom stereocenters. The molecule has 0 aliphatic carbocycles. The SMILES string of the molecule is C=CCCCOC(=O)[C@H]1[C@H]2C(=O)N([C@@H](CO)C(C)C)C(C(=O)N(CC=C)CCCC)C23CC[C@]1(C)S3. The average Bonchev–Trinajstić information content (AvgIpc) is 3.40. The molecule has 3 heterocycles. The van der Waals surface area contributed by atoms with E-state index >= 15 is 0 Å². The normalized spacial score (nSPS) is 31.4. The third-order valence-corrected chi connectivity index (χ3v) is 10.2. The summed E-state index contributed by atoms with van der Waals surface area (Å²) in [6, 6.07) is -1.23. The summed E-state index contributed by atoms with van der Waals surface area (Å²) in [5.74, 6) is -1.93. The Morgan fingerprint density at radius 3 is 2.58 bits per heavy atom. The van der Waals surface area contributed by atoms with E-state index in [-0.39, 0.29) is 36.9 Å². The Hall–Kier alpha value is -1.80. The third kappa shape index (κ3) is 4.87. The molecule has 0 radical (unpaired) electrons. The number of likely N-dealkylation sites (tertiary alicyclic amines) is 1. The van der Waals surface area contributed by atoms with E-state index in [4.69, 9.17) is 4.74 Å². The van der Waals surface area contributed by atoms with Gasteiger partial charge in [-0.2, -0.15) is 0 Å². The molecule has 0 saturated carbocycles. The van der Waals surface area contributed by atoms with E-state index in [0.717, 1.165) is 25.7 Å². The van der Waals surface area contributed by atoms with Gasteiger partial charge in [0.25, 0.3) is 0 Å². The first-order valence-corrected chi connectivity index (χ1v) is 14.3. The lowest BCUT2D eigenvalue weighted by molar-refractivity contribution is -0.156. The van der Waals surface area contributed by atoms with Gasteiger partial charge in [0.1, 0.15) is 6.04 Å². The van der Waals surface area contributed by atoms with E-state index in [9.17, 15) is 19.5 Å². The number of carbonyl (C=O) groups excluding carboxylic acids is 3. The highest BCUT2D eigenvalue weighted by Gasteiger charge is 2.78. The van der Waals surface area contributed by atoms with Crippen molar-refractivity contribution in [1.82, 2.24) is 9.80 Å². The van der Waals surface area contributed by atoms with Gasteiger partial charge >= 0.3 is 5.97 Å². The first-order valence-electron chi connectivity index (χ1n) is 13.4. The number of allylic oxidation sites excluding steroid dienone is 1. The Morgan fingerprint density at radius 1 is 1.28 bits per heavy atom. The van der Waals surface area contributed by atoms with Gasteiger partial charge in [0, 0.05) is 17.8 Å². The first-order chi connectivity index (χ1) is 17.1. The smallest absolute Gasteiger partial charge is 0.311 e. The van der Waals surface area contributed by atoms with E-state index in [0.29, 0.717) is 25.9 Å². The highest BCUT2D eigenvalue weighted by Crippen LogP contribution is 2.71. The van der Waals surface area contributed by atoms with Crippen LogP contribution in [0.25, 0.3) is 0 Å². The highest BCUT2D eigenvalue weighted by atomic mass is 32.2. The van der Waals surface area contributed by atoms with Crippen LogP contribution >= 0.6 is 11.8 Å². The Kier molecular flexibility index (Phi) is 9.36. The number of nitrogens with zero attached hydrogens (tertiary/aromatic N) is 2. The maximum atomic E-state index is 14.3. The number of aliphatic hydroxyl groups is 1. The molecule has 0 aromatic carbocycles. The van der Waals surface area contributed by atoms with Crippen molar-refractivity contribution in [3.63, 3.8) is 0 Å². The molecule has 36 heavy (non-hydrogen) atoms. The van der Waals surface area contributed by atoms with Crippen LogP contribution in [0.4, 0.5) is 0 Å². The van der Waals surface area contributed by atoms with E-state index in [1.807, 2.05) is 20.8 Å². The lowest BCUT2D eigenvalue weighted by atomic mass is 9.66. The number of ether oxygens (including phenoxy) is 1. The Balaban J connectivity index is 2.04. The van der Waals surface area contributed by atoms with Crippen LogP contribution in [0.15, 0.2) is 25.3 Å². The van der Waals surface area contributed by atoms with Crippen LogP contribution in [0.2, 0.25) is 0 Å². The number of esters is 1. The summed E-state index contributed by atoms with van der Waals surface area (Å²) in [4.78, 5) is 45.3. The Labute approximate surface area is 220 Å². The summed E-state index contributed by atoms with van der Waals surface area (Å²) < 4.78 is 4.51. The van der Waals surface area contributed by atoms with Crippen molar-refractivity contribution >= 4 is 29.5 Å². The number of fused-ring (bicyclic) bond motifs is 1. The van der Waals surface area contributed by atoms with Gasteiger partial charge in [-0.3, -0.25) is 14.4 Å². The van der Waals surface area contributed by atoms with Crippen LogP contribution < -0.4 is 0 Å². The zero-order valence-electron chi connectivity index (χ0n) is 22.4. The molecule has 3 fully saturated rings. The van der Waals surface area contributed by atoms with Gasteiger partial charge in [0.2, 0.25) is 11.8 Å². The molecule has 202 valence electrons. The van der Waals surface area contributed by atoms with Crippen molar-refractivity contribution in [2.45, 2.75) is 87.8 Å². The zero-order chi connectivity index (χ0) is 26.7. The van der Waals surface area contributed by atoms with Crippen molar-refractivity contribution in [3.05, 3.63) is 25.3 Å². The van der Waals surface area contributed by atoms with Gasteiger partial charge in [0.15, 0.2) is 0 Å². The van der Waals surface area contributed by atoms with Crippen LogP contribution in [0, 0.1) is 17.8 Å². The molecule has 0 aromatic rings. The minimum atomic E-state index is -0.725. The number of hydrogen-bond donors (Lipinski definition) is 1. The molecule has 3 rings (SSSR count). The summed E-state index contributed by atoms with van der Waals surface area (Å²) >= 11 is 1.64. The van der Waals surface area contributed by atoms with Crippen molar-refractivity contribution in [2.75, 3.05) is 26.3 Å². The quantitative estimate of drug-likeness (QED) is 0.213. The van der Waals surface area contributed by atoms with E-state index in [1.165, 1.54) is 0 Å². The largest absolute Gasteiger partial charge is 0.465 e. The molecule has 0 aromatic heterocycles. The standard InChI is InChI=1S/C28H44N2O5S/c1-7-10-12-17-35-26(34)22-21-24(32)30(20(18-31)19(4)5)23(28(21)14-13-27(22,6)36-28)25(33)29(15-9-3)16-11-8-2/h7,9,19-23,31H,1,3,8,10-18H2,2,4-6H3/t20-,21-,22+,23?,27-,28?/m0/s1. The van der Waals surface area contributed by atoms with Gasteiger partial charge in [-0.25, -0.2) is 0 Å². The predicted octanol–water partition coefficient (Wildman–Crippen LogP) is 3.81. The number of amides is 2. The predicted molar refractivity (Wildman–Crippen MR) is 143 cm³/mol. The maximum Gasteiger partial charge on any atom is 0.311 e. The van der Waals surface area contributed by atoms with Crippen LogP contribution in [-0.4, -0.2) is 80.6 Å². The number of carbonyl (C=O) groups is 3. The van der Waals surface area contributed by atoms with Gasteiger partial charge in [-0.1, -0.05) is 39.3 Å². The second kappa shape index (κ2) is 11.7. The molecule has 2 amide bonds. The molecule has 3 aliphatic heterocycles. The van der Waals surface area contributed by atoms with Crippen molar-refractivity contribution in [1.29, 1.82) is 0 Å². The molecule has 6 atom stereocenters. The molecule has 3 saturated heterocycles. The van der Waals surface area contributed by atoms with Crippen LogP contribution in [0.5, 0.6) is 0 Å². The third-order valence-electron chi connectivity index (χ3n) is 8.26. The number of rotatable bonds is 14. The molecule has 8 heteroatoms. The number of aliphatic hydroxyl groups excluding tert-OH is 1.